The lowest BCUT2D eigenvalue weighted by Gasteiger charge is -2.27. The molecule has 1 fully saturated rings. The molecular weight excluding hydrogens is 250 g/mol. The van der Waals surface area contributed by atoms with Gasteiger partial charge in [-0.1, -0.05) is 0 Å². The third kappa shape index (κ3) is 3.05. The normalized spacial score (nSPS) is 15.1. The quantitative estimate of drug-likeness (QED) is 0.572. The van der Waals surface area contributed by atoms with E-state index in [0.717, 1.165) is 0 Å². The molecule has 0 unspecified atom stereocenters. The minimum atomic E-state index is -0.561. The van der Waals surface area contributed by atoms with E-state index in [9.17, 15) is 9.59 Å². The highest BCUT2D eigenvalue weighted by molar-refractivity contribution is 5.97. The van der Waals surface area contributed by atoms with Crippen LogP contribution in [0.2, 0.25) is 0 Å². The molecule has 1 saturated heterocycles. The molecule has 0 N–H and O–H groups in total. The number of aromatic nitrogens is 2. The number of nitrogens with zero attached hydrogens (tertiary/aromatic N) is 3. The average molecular weight is 265 g/mol. The molecule has 1 aromatic heterocycles. The van der Waals surface area contributed by atoms with E-state index in [-0.39, 0.29) is 17.9 Å². The van der Waals surface area contributed by atoms with Gasteiger partial charge >= 0.3 is 5.97 Å². The van der Waals surface area contributed by atoms with Crippen LogP contribution in [0.15, 0.2) is 6.07 Å². The predicted octanol–water partition coefficient (Wildman–Crippen LogP) is 0.302. The number of esters is 1. The van der Waals surface area contributed by atoms with Gasteiger partial charge < -0.3 is 14.4 Å². The van der Waals surface area contributed by atoms with Crippen LogP contribution < -0.4 is 4.90 Å². The Kier molecular flexibility index (Phi) is 4.40. The third-order valence-corrected chi connectivity index (χ3v) is 2.75. The van der Waals surface area contributed by atoms with Crippen molar-refractivity contribution in [2.45, 2.75) is 6.92 Å². The Labute approximate surface area is 110 Å². The Morgan fingerprint density at radius 3 is 2.84 bits per heavy atom. The summed E-state index contributed by atoms with van der Waals surface area (Å²) in [7, 11) is 0. The zero-order valence-corrected chi connectivity index (χ0v) is 10.7. The van der Waals surface area contributed by atoms with E-state index < -0.39 is 5.97 Å². The molecular formula is C12H15N3O4. The Morgan fingerprint density at radius 1 is 1.47 bits per heavy atom. The molecule has 7 heteroatoms. The van der Waals surface area contributed by atoms with Crippen LogP contribution in [0.25, 0.3) is 0 Å². The van der Waals surface area contributed by atoms with Crippen LogP contribution in [0.3, 0.4) is 0 Å². The van der Waals surface area contributed by atoms with E-state index in [1.54, 1.807) is 13.0 Å². The summed E-state index contributed by atoms with van der Waals surface area (Å²) >= 11 is 0. The monoisotopic (exact) mass is 265 g/mol. The summed E-state index contributed by atoms with van der Waals surface area (Å²) in [6.07, 6.45) is 0.502. The van der Waals surface area contributed by atoms with Gasteiger partial charge in [-0.05, 0) is 13.0 Å². The van der Waals surface area contributed by atoms with E-state index in [2.05, 4.69) is 10.2 Å². The summed E-state index contributed by atoms with van der Waals surface area (Å²) in [6, 6.07) is 1.54. The van der Waals surface area contributed by atoms with E-state index in [1.165, 1.54) is 0 Å². The first-order valence-corrected chi connectivity index (χ1v) is 6.09. The molecule has 0 saturated carbocycles. The fourth-order valence-corrected chi connectivity index (χ4v) is 1.80. The van der Waals surface area contributed by atoms with Crippen LogP contribution >= 0.6 is 0 Å². The summed E-state index contributed by atoms with van der Waals surface area (Å²) in [4.78, 5) is 24.6. The molecule has 102 valence electrons. The Hall–Kier alpha value is -2.02. The fraction of sp³-hybridized carbons (Fsp3) is 0.500. The SMILES string of the molecule is CCOC(=O)c1cc(N2CCOCC2)nnc1C=O. The number of carbonyl (C=O) groups excluding carboxylic acids is 2. The summed E-state index contributed by atoms with van der Waals surface area (Å²) in [5, 5.41) is 7.73. The lowest BCUT2D eigenvalue weighted by atomic mass is 10.2. The van der Waals surface area contributed by atoms with Crippen molar-refractivity contribution in [2.24, 2.45) is 0 Å². The molecule has 0 amide bonds. The van der Waals surface area contributed by atoms with Crippen molar-refractivity contribution in [1.82, 2.24) is 10.2 Å². The zero-order valence-electron chi connectivity index (χ0n) is 10.7. The number of hydrogen-bond acceptors (Lipinski definition) is 7. The van der Waals surface area contributed by atoms with E-state index >= 15 is 0 Å². The molecule has 0 bridgehead atoms. The molecule has 1 aromatic rings. The molecule has 2 rings (SSSR count). The highest BCUT2D eigenvalue weighted by Gasteiger charge is 2.19. The Morgan fingerprint density at radius 2 is 2.21 bits per heavy atom. The van der Waals surface area contributed by atoms with Gasteiger partial charge in [-0.2, -0.15) is 0 Å². The van der Waals surface area contributed by atoms with Crippen molar-refractivity contribution >= 4 is 18.1 Å². The van der Waals surface area contributed by atoms with Crippen molar-refractivity contribution in [3.63, 3.8) is 0 Å². The number of hydrogen-bond donors (Lipinski definition) is 0. The maximum atomic E-state index is 11.8. The number of morpholine rings is 1. The van der Waals surface area contributed by atoms with Crippen molar-refractivity contribution < 1.29 is 19.1 Å². The zero-order chi connectivity index (χ0) is 13.7. The first-order valence-electron chi connectivity index (χ1n) is 6.09. The van der Waals surface area contributed by atoms with E-state index in [4.69, 9.17) is 9.47 Å². The summed E-state index contributed by atoms with van der Waals surface area (Å²) in [6.45, 7) is 4.51. The van der Waals surface area contributed by atoms with Crippen LogP contribution in [0.5, 0.6) is 0 Å². The highest BCUT2D eigenvalue weighted by Crippen LogP contribution is 2.16. The van der Waals surface area contributed by atoms with Gasteiger partial charge in [-0.3, -0.25) is 4.79 Å². The smallest absolute Gasteiger partial charge is 0.340 e. The van der Waals surface area contributed by atoms with Gasteiger partial charge in [0.15, 0.2) is 12.1 Å². The molecule has 0 aliphatic carbocycles. The number of anilines is 1. The van der Waals surface area contributed by atoms with Gasteiger partial charge in [0.05, 0.1) is 25.4 Å². The summed E-state index contributed by atoms with van der Waals surface area (Å²) in [5.74, 6) is -0.00837. The minimum absolute atomic E-state index is 0.00420. The van der Waals surface area contributed by atoms with Crippen LogP contribution in [0, 0.1) is 0 Å². The second-order valence-corrected chi connectivity index (χ2v) is 3.94. The third-order valence-electron chi connectivity index (χ3n) is 2.75. The number of carbonyl (C=O) groups is 2. The first kappa shape index (κ1) is 13.4. The molecule has 0 atom stereocenters. The Bertz CT molecular complexity index is 472. The molecule has 1 aliphatic heterocycles. The minimum Gasteiger partial charge on any atom is -0.462 e. The van der Waals surface area contributed by atoms with Crippen LogP contribution in [0.4, 0.5) is 5.82 Å². The van der Waals surface area contributed by atoms with Gasteiger partial charge in [-0.25, -0.2) is 4.79 Å². The second-order valence-electron chi connectivity index (χ2n) is 3.94. The predicted molar refractivity (Wildman–Crippen MR) is 66.4 cm³/mol. The lowest BCUT2D eigenvalue weighted by Crippen LogP contribution is -2.37. The maximum Gasteiger partial charge on any atom is 0.340 e. The summed E-state index contributed by atoms with van der Waals surface area (Å²) < 4.78 is 10.1. The Balaban J connectivity index is 2.28. The molecule has 2 heterocycles. The standard InChI is InChI=1S/C12H15N3O4/c1-2-19-12(17)9-7-11(14-13-10(9)8-16)15-3-5-18-6-4-15/h7-8H,2-6H2,1H3. The molecule has 0 radical (unpaired) electrons. The molecule has 0 aromatic carbocycles. The molecule has 7 nitrogen and oxygen atoms in total. The average Bonchev–Trinajstić information content (AvgIpc) is 2.47. The van der Waals surface area contributed by atoms with Gasteiger partial charge in [0, 0.05) is 13.1 Å². The first-order chi connectivity index (χ1) is 9.26. The van der Waals surface area contributed by atoms with E-state index in [0.29, 0.717) is 38.4 Å². The van der Waals surface area contributed by atoms with E-state index in [1.807, 2.05) is 4.90 Å². The summed E-state index contributed by atoms with van der Waals surface area (Å²) in [5.41, 5.74) is 0.142. The number of ether oxygens (including phenoxy) is 2. The van der Waals surface area contributed by atoms with Crippen molar-refractivity contribution in [1.29, 1.82) is 0 Å². The van der Waals surface area contributed by atoms with Crippen molar-refractivity contribution in [2.75, 3.05) is 37.8 Å². The number of aldehydes is 1. The van der Waals surface area contributed by atoms with Crippen LogP contribution in [0.1, 0.15) is 27.8 Å². The fourth-order valence-electron chi connectivity index (χ4n) is 1.80. The van der Waals surface area contributed by atoms with Gasteiger partial charge in [0.2, 0.25) is 0 Å². The van der Waals surface area contributed by atoms with Gasteiger partial charge in [-0.15, -0.1) is 10.2 Å². The largest absolute Gasteiger partial charge is 0.462 e. The molecule has 19 heavy (non-hydrogen) atoms. The van der Waals surface area contributed by atoms with Gasteiger partial charge in [0.1, 0.15) is 5.69 Å². The van der Waals surface area contributed by atoms with Crippen LogP contribution in [-0.2, 0) is 9.47 Å². The van der Waals surface area contributed by atoms with Gasteiger partial charge in [0.25, 0.3) is 0 Å². The lowest BCUT2D eigenvalue weighted by molar-refractivity contribution is 0.0523. The second kappa shape index (κ2) is 6.24. The topological polar surface area (TPSA) is 81.6 Å². The highest BCUT2D eigenvalue weighted by atomic mass is 16.5. The molecule has 1 aliphatic rings. The van der Waals surface area contributed by atoms with Crippen molar-refractivity contribution in [3.8, 4) is 0 Å². The van der Waals surface area contributed by atoms with Crippen molar-refractivity contribution in [3.05, 3.63) is 17.3 Å². The number of rotatable bonds is 4. The maximum absolute atomic E-state index is 11.8. The van der Waals surface area contributed by atoms with Crippen LogP contribution in [-0.4, -0.2) is 55.4 Å². The molecule has 0 spiro atoms.